The van der Waals surface area contributed by atoms with E-state index in [0.29, 0.717) is 17.1 Å². The van der Waals surface area contributed by atoms with Gasteiger partial charge in [-0.1, -0.05) is 12.1 Å². The average Bonchev–Trinajstić information content (AvgIpc) is 2.84. The van der Waals surface area contributed by atoms with E-state index < -0.39 is 10.0 Å². The van der Waals surface area contributed by atoms with Gasteiger partial charge in [0.15, 0.2) is 5.82 Å². The predicted octanol–water partition coefficient (Wildman–Crippen LogP) is 3.27. The number of nitrogens with zero attached hydrogens (tertiary/aromatic N) is 3. The minimum atomic E-state index is -3.70. The molecule has 8 nitrogen and oxygen atoms in total. The molecule has 4 aromatic rings. The van der Waals surface area contributed by atoms with Crippen molar-refractivity contribution < 1.29 is 13.2 Å². The molecule has 2 aromatic heterocycles. The predicted molar refractivity (Wildman–Crippen MR) is 120 cm³/mol. The summed E-state index contributed by atoms with van der Waals surface area (Å²) in [7, 11) is -3.70. The Hall–Kier alpha value is -3.95. The lowest BCUT2D eigenvalue weighted by atomic mass is 10.1. The van der Waals surface area contributed by atoms with Gasteiger partial charge in [-0.3, -0.25) is 9.78 Å². The molecule has 0 radical (unpaired) electrons. The molecule has 0 fully saturated rings. The highest BCUT2D eigenvalue weighted by Crippen LogP contribution is 2.18. The van der Waals surface area contributed by atoms with Crippen molar-refractivity contribution in [3.63, 3.8) is 0 Å². The number of sulfonamides is 1. The lowest BCUT2D eigenvalue weighted by Crippen LogP contribution is -2.23. The molecule has 0 aliphatic carbocycles. The fourth-order valence-corrected chi connectivity index (χ4v) is 3.92. The number of hydrogen-bond acceptors (Lipinski definition) is 6. The van der Waals surface area contributed by atoms with Gasteiger partial charge in [0.25, 0.3) is 5.91 Å². The van der Waals surface area contributed by atoms with Crippen molar-refractivity contribution in [2.24, 2.45) is 0 Å². The molecule has 2 aromatic carbocycles. The van der Waals surface area contributed by atoms with Crippen molar-refractivity contribution >= 4 is 21.6 Å². The van der Waals surface area contributed by atoms with E-state index in [-0.39, 0.29) is 17.3 Å². The van der Waals surface area contributed by atoms with Crippen molar-refractivity contribution in [2.75, 3.05) is 5.32 Å². The maximum absolute atomic E-state index is 12.6. The van der Waals surface area contributed by atoms with Crippen LogP contribution in [0.25, 0.3) is 11.4 Å². The normalized spacial score (nSPS) is 11.1. The molecule has 9 heteroatoms. The van der Waals surface area contributed by atoms with Crippen LogP contribution in [-0.4, -0.2) is 29.3 Å². The van der Waals surface area contributed by atoms with Crippen molar-refractivity contribution in [3.05, 3.63) is 103 Å². The molecule has 0 aliphatic rings. The second-order valence-corrected chi connectivity index (χ2v) is 8.58. The highest BCUT2D eigenvalue weighted by molar-refractivity contribution is 7.89. The molecule has 0 aliphatic heterocycles. The summed E-state index contributed by atoms with van der Waals surface area (Å²) in [6.07, 6.45) is 6.43. The fraction of sp³-hybridized carbons (Fsp3) is 0.0435. The Morgan fingerprint density at radius 1 is 0.844 bits per heavy atom. The molecule has 2 heterocycles. The maximum Gasteiger partial charge on any atom is 0.255 e. The number of benzene rings is 2. The Morgan fingerprint density at radius 3 is 2.22 bits per heavy atom. The Bertz CT molecular complexity index is 1300. The summed E-state index contributed by atoms with van der Waals surface area (Å²) in [5, 5.41) is 2.75. The quantitative estimate of drug-likeness (QED) is 0.451. The number of carbonyl (C=O) groups excluding carboxylic acids is 1. The van der Waals surface area contributed by atoms with Crippen LogP contribution < -0.4 is 10.0 Å². The average molecular weight is 446 g/mol. The topological polar surface area (TPSA) is 114 Å². The van der Waals surface area contributed by atoms with E-state index in [9.17, 15) is 13.2 Å². The van der Waals surface area contributed by atoms with E-state index in [1.54, 1.807) is 79.4 Å². The molecule has 0 saturated carbocycles. The van der Waals surface area contributed by atoms with Crippen LogP contribution in [-0.2, 0) is 16.6 Å². The molecule has 1 amide bonds. The highest BCUT2D eigenvalue weighted by atomic mass is 32.2. The molecule has 0 bridgehead atoms. The molecule has 0 atom stereocenters. The summed E-state index contributed by atoms with van der Waals surface area (Å²) in [5.41, 5.74) is 2.50. The third-order valence-corrected chi connectivity index (χ3v) is 6.01. The van der Waals surface area contributed by atoms with Crippen LogP contribution in [0.2, 0.25) is 0 Å². The summed E-state index contributed by atoms with van der Waals surface area (Å²) in [4.78, 5) is 24.7. The fourth-order valence-electron chi connectivity index (χ4n) is 2.91. The lowest BCUT2D eigenvalue weighted by Gasteiger charge is -2.09. The molecule has 160 valence electrons. The van der Waals surface area contributed by atoms with Crippen LogP contribution in [0.1, 0.15) is 15.9 Å². The number of amides is 1. The van der Waals surface area contributed by atoms with Gasteiger partial charge in [-0.15, -0.1) is 0 Å². The van der Waals surface area contributed by atoms with Gasteiger partial charge in [-0.05, 0) is 60.2 Å². The minimum Gasteiger partial charge on any atom is -0.321 e. The van der Waals surface area contributed by atoms with E-state index in [0.717, 1.165) is 11.1 Å². The van der Waals surface area contributed by atoms with Crippen LogP contribution in [0.4, 0.5) is 5.69 Å². The van der Waals surface area contributed by atoms with Crippen LogP contribution in [0.5, 0.6) is 0 Å². The first kappa shape index (κ1) is 21.3. The summed E-state index contributed by atoms with van der Waals surface area (Å²) >= 11 is 0. The largest absolute Gasteiger partial charge is 0.321 e. The van der Waals surface area contributed by atoms with Gasteiger partial charge in [0.2, 0.25) is 10.0 Å². The van der Waals surface area contributed by atoms with Crippen LogP contribution in [0, 0.1) is 0 Å². The molecule has 4 rings (SSSR count). The zero-order valence-corrected chi connectivity index (χ0v) is 17.7. The zero-order chi connectivity index (χ0) is 22.4. The van der Waals surface area contributed by atoms with Gasteiger partial charge in [0.05, 0.1) is 16.8 Å². The van der Waals surface area contributed by atoms with E-state index in [1.807, 2.05) is 0 Å². The highest BCUT2D eigenvalue weighted by Gasteiger charge is 2.14. The number of carbonyl (C=O) groups is 1. The summed E-state index contributed by atoms with van der Waals surface area (Å²) in [5.74, 6) is 0.254. The Balaban J connectivity index is 1.38. The number of anilines is 1. The van der Waals surface area contributed by atoms with E-state index in [4.69, 9.17) is 0 Å². The van der Waals surface area contributed by atoms with Crippen molar-refractivity contribution in [1.82, 2.24) is 19.7 Å². The standard InChI is InChI=1S/C23H19N5O3S/c29-23(28-20-3-1-12-24-16-20)19-6-4-17(5-7-19)15-27-32(30,31)21-10-8-18(9-11-21)22-25-13-2-14-26-22/h1-14,16,27H,15H2,(H,28,29). The second kappa shape index (κ2) is 9.46. The molecule has 0 saturated heterocycles. The van der Waals surface area contributed by atoms with Gasteiger partial charge in [0.1, 0.15) is 0 Å². The van der Waals surface area contributed by atoms with Crippen LogP contribution in [0.3, 0.4) is 0 Å². The Morgan fingerprint density at radius 2 is 1.56 bits per heavy atom. The monoisotopic (exact) mass is 445 g/mol. The second-order valence-electron chi connectivity index (χ2n) is 6.81. The first-order valence-electron chi connectivity index (χ1n) is 9.69. The van der Waals surface area contributed by atoms with Crippen LogP contribution in [0.15, 0.2) is 96.4 Å². The smallest absolute Gasteiger partial charge is 0.255 e. The number of nitrogens with one attached hydrogen (secondary N) is 2. The molecule has 0 unspecified atom stereocenters. The van der Waals surface area contributed by atoms with E-state index >= 15 is 0 Å². The van der Waals surface area contributed by atoms with Gasteiger partial charge in [0, 0.05) is 36.3 Å². The number of hydrogen-bond donors (Lipinski definition) is 2. The van der Waals surface area contributed by atoms with Gasteiger partial charge in [-0.2, -0.15) is 0 Å². The third-order valence-electron chi connectivity index (χ3n) is 4.59. The summed E-state index contributed by atoms with van der Waals surface area (Å²) in [6.45, 7) is 0.0936. The molecule has 0 spiro atoms. The summed E-state index contributed by atoms with van der Waals surface area (Å²) < 4.78 is 27.8. The van der Waals surface area contributed by atoms with Gasteiger partial charge >= 0.3 is 0 Å². The first-order chi connectivity index (χ1) is 15.5. The van der Waals surface area contributed by atoms with E-state index in [2.05, 4.69) is 25.0 Å². The third kappa shape index (κ3) is 5.20. The number of aromatic nitrogens is 3. The van der Waals surface area contributed by atoms with Crippen LogP contribution >= 0.6 is 0 Å². The lowest BCUT2D eigenvalue weighted by molar-refractivity contribution is 0.102. The maximum atomic E-state index is 12.6. The molecular formula is C23H19N5O3S. The molecular weight excluding hydrogens is 426 g/mol. The number of rotatable bonds is 7. The van der Waals surface area contributed by atoms with Crippen molar-refractivity contribution in [2.45, 2.75) is 11.4 Å². The zero-order valence-electron chi connectivity index (χ0n) is 16.8. The number of pyridine rings is 1. The SMILES string of the molecule is O=C(Nc1cccnc1)c1ccc(CNS(=O)(=O)c2ccc(-c3ncccn3)cc2)cc1. The van der Waals surface area contributed by atoms with Crippen molar-refractivity contribution in [1.29, 1.82) is 0 Å². The first-order valence-corrected chi connectivity index (χ1v) is 11.2. The van der Waals surface area contributed by atoms with Crippen molar-refractivity contribution in [3.8, 4) is 11.4 Å². The molecule has 32 heavy (non-hydrogen) atoms. The summed E-state index contributed by atoms with van der Waals surface area (Å²) in [6, 6.07) is 18.2. The Labute approximate surface area is 185 Å². The minimum absolute atomic E-state index is 0.0936. The van der Waals surface area contributed by atoms with Gasteiger partial charge in [-0.25, -0.2) is 23.1 Å². The van der Waals surface area contributed by atoms with Gasteiger partial charge < -0.3 is 5.32 Å². The molecule has 2 N–H and O–H groups in total. The Kier molecular flexibility index (Phi) is 6.29. The van der Waals surface area contributed by atoms with E-state index in [1.165, 1.54) is 12.1 Å².